The zero-order valence-corrected chi connectivity index (χ0v) is 17.4. The molecule has 0 aromatic heterocycles. The fourth-order valence-electron chi connectivity index (χ4n) is 4.10. The van der Waals surface area contributed by atoms with E-state index in [2.05, 4.69) is 5.32 Å². The molecule has 0 radical (unpaired) electrons. The van der Waals surface area contributed by atoms with Gasteiger partial charge in [0.25, 0.3) is 0 Å². The zero-order chi connectivity index (χ0) is 23.5. The van der Waals surface area contributed by atoms with Gasteiger partial charge in [0.15, 0.2) is 0 Å². The van der Waals surface area contributed by atoms with E-state index in [4.69, 9.17) is 9.84 Å². The van der Waals surface area contributed by atoms with Crippen molar-refractivity contribution in [2.75, 3.05) is 13.2 Å². The normalized spacial score (nSPS) is 14.2. The second-order valence-electron chi connectivity index (χ2n) is 7.73. The standard InChI is InChI=1S/C25H22FNO6/c26-22-18(10-5-11-19(22)24(30)31)23(29)21(28)12-27-25(32)33-13-20-16-8-3-1-6-14(16)15-7-2-4-9-17(15)20/h1-11,20-21,23,28-29H,12-13H2,(H,27,32)(H,30,31). The monoisotopic (exact) mass is 451 g/mol. The molecule has 0 bridgehead atoms. The molecule has 1 aliphatic carbocycles. The van der Waals surface area contributed by atoms with Gasteiger partial charge in [-0.1, -0.05) is 60.7 Å². The SMILES string of the molecule is O=C(NCC(O)C(O)c1cccc(C(=O)O)c1F)OCC1c2ccccc2-c2ccccc21. The molecule has 33 heavy (non-hydrogen) atoms. The number of carboxylic acid groups (broad SMARTS) is 1. The number of alkyl carbamates (subject to hydrolysis) is 1. The topological polar surface area (TPSA) is 116 Å². The van der Waals surface area contributed by atoms with Crippen LogP contribution in [-0.4, -0.2) is 46.6 Å². The van der Waals surface area contributed by atoms with Crippen LogP contribution >= 0.6 is 0 Å². The van der Waals surface area contributed by atoms with Crippen LogP contribution in [0, 0.1) is 5.82 Å². The molecule has 0 heterocycles. The predicted molar refractivity (Wildman–Crippen MR) is 117 cm³/mol. The number of hydrogen-bond donors (Lipinski definition) is 4. The van der Waals surface area contributed by atoms with Gasteiger partial charge in [-0.25, -0.2) is 14.0 Å². The first-order valence-corrected chi connectivity index (χ1v) is 10.3. The van der Waals surface area contributed by atoms with Crippen LogP contribution in [0.3, 0.4) is 0 Å². The predicted octanol–water partition coefficient (Wildman–Crippen LogP) is 3.46. The van der Waals surface area contributed by atoms with Crippen LogP contribution in [0.15, 0.2) is 66.7 Å². The average molecular weight is 451 g/mol. The van der Waals surface area contributed by atoms with E-state index in [9.17, 15) is 24.2 Å². The Morgan fingerprint density at radius 2 is 1.55 bits per heavy atom. The number of carbonyl (C=O) groups excluding carboxylic acids is 1. The molecule has 0 saturated carbocycles. The van der Waals surface area contributed by atoms with Gasteiger partial charge >= 0.3 is 12.1 Å². The Hall–Kier alpha value is -3.75. The van der Waals surface area contributed by atoms with Crippen molar-refractivity contribution in [3.8, 4) is 11.1 Å². The molecule has 4 rings (SSSR count). The molecule has 3 aromatic rings. The number of nitrogens with one attached hydrogen (secondary N) is 1. The molecule has 4 N–H and O–H groups in total. The minimum atomic E-state index is -1.74. The lowest BCUT2D eigenvalue weighted by molar-refractivity contribution is 0.0164. The third kappa shape index (κ3) is 4.44. The highest BCUT2D eigenvalue weighted by Crippen LogP contribution is 2.44. The highest BCUT2D eigenvalue weighted by Gasteiger charge is 2.29. The minimum absolute atomic E-state index is 0.0772. The molecule has 1 aliphatic rings. The Kier molecular flexibility index (Phi) is 6.39. The number of rotatable bonds is 7. The number of carbonyl (C=O) groups is 2. The van der Waals surface area contributed by atoms with Crippen molar-refractivity contribution in [1.29, 1.82) is 0 Å². The first-order valence-electron chi connectivity index (χ1n) is 10.3. The van der Waals surface area contributed by atoms with Gasteiger partial charge in [0.1, 0.15) is 24.6 Å². The highest BCUT2D eigenvalue weighted by molar-refractivity contribution is 5.88. The number of aliphatic hydroxyl groups excluding tert-OH is 2. The number of benzene rings is 3. The quantitative estimate of drug-likeness (QED) is 0.437. The van der Waals surface area contributed by atoms with E-state index in [1.807, 2.05) is 48.5 Å². The molecule has 8 heteroatoms. The molecular formula is C25H22FNO6. The number of aromatic carboxylic acids is 1. The zero-order valence-electron chi connectivity index (χ0n) is 17.4. The minimum Gasteiger partial charge on any atom is -0.478 e. The van der Waals surface area contributed by atoms with Crippen LogP contribution < -0.4 is 5.32 Å². The van der Waals surface area contributed by atoms with Crippen molar-refractivity contribution < 1.29 is 34.0 Å². The van der Waals surface area contributed by atoms with Gasteiger partial charge in [0, 0.05) is 18.0 Å². The summed E-state index contributed by atoms with van der Waals surface area (Å²) in [6.45, 7) is -0.345. The summed E-state index contributed by atoms with van der Waals surface area (Å²) in [6, 6.07) is 19.2. The molecule has 1 amide bonds. The molecular weight excluding hydrogens is 429 g/mol. The Bertz CT molecular complexity index is 1150. The molecule has 0 saturated heterocycles. The first-order chi connectivity index (χ1) is 15.9. The molecule has 0 fully saturated rings. The lowest BCUT2D eigenvalue weighted by atomic mass is 9.98. The number of aliphatic hydroxyl groups is 2. The Morgan fingerprint density at radius 3 is 2.15 bits per heavy atom. The third-order valence-electron chi connectivity index (χ3n) is 5.74. The largest absolute Gasteiger partial charge is 0.478 e. The molecule has 3 aromatic carbocycles. The van der Waals surface area contributed by atoms with E-state index < -0.39 is 42.2 Å². The van der Waals surface area contributed by atoms with Crippen molar-refractivity contribution >= 4 is 12.1 Å². The first kappa shape index (κ1) is 22.4. The van der Waals surface area contributed by atoms with Crippen LogP contribution in [0.2, 0.25) is 0 Å². The Balaban J connectivity index is 1.36. The number of fused-ring (bicyclic) bond motifs is 3. The molecule has 0 aliphatic heterocycles. The smallest absolute Gasteiger partial charge is 0.407 e. The van der Waals surface area contributed by atoms with Crippen LogP contribution in [0.4, 0.5) is 9.18 Å². The third-order valence-corrected chi connectivity index (χ3v) is 5.74. The summed E-state index contributed by atoms with van der Waals surface area (Å²) in [5.74, 6) is -2.77. The van der Waals surface area contributed by atoms with Gasteiger partial charge in [-0.05, 0) is 28.3 Å². The van der Waals surface area contributed by atoms with E-state index in [-0.39, 0.29) is 18.1 Å². The Morgan fingerprint density at radius 1 is 0.939 bits per heavy atom. The maximum absolute atomic E-state index is 14.3. The van der Waals surface area contributed by atoms with Gasteiger partial charge in [0.2, 0.25) is 0 Å². The lowest BCUT2D eigenvalue weighted by Crippen LogP contribution is -2.36. The van der Waals surface area contributed by atoms with Crippen molar-refractivity contribution in [3.05, 3.63) is 94.8 Å². The van der Waals surface area contributed by atoms with Crippen LogP contribution in [0.25, 0.3) is 11.1 Å². The molecule has 7 nitrogen and oxygen atoms in total. The Labute approximate surface area is 189 Å². The number of carboxylic acids is 1. The molecule has 0 spiro atoms. The van der Waals surface area contributed by atoms with Crippen LogP contribution in [-0.2, 0) is 4.74 Å². The summed E-state index contributed by atoms with van der Waals surface area (Å²) in [7, 11) is 0. The van der Waals surface area contributed by atoms with E-state index >= 15 is 0 Å². The maximum Gasteiger partial charge on any atom is 0.407 e. The van der Waals surface area contributed by atoms with E-state index in [0.717, 1.165) is 28.3 Å². The maximum atomic E-state index is 14.3. The summed E-state index contributed by atoms with van der Waals surface area (Å²) < 4.78 is 19.7. The van der Waals surface area contributed by atoms with Crippen molar-refractivity contribution in [2.24, 2.45) is 0 Å². The summed E-state index contributed by atoms with van der Waals surface area (Å²) in [6.07, 6.45) is -4.12. The van der Waals surface area contributed by atoms with Gasteiger partial charge in [-0.3, -0.25) is 0 Å². The summed E-state index contributed by atoms with van der Waals surface area (Å²) in [5.41, 5.74) is 3.28. The fraction of sp³-hybridized carbons (Fsp3) is 0.200. The average Bonchev–Trinajstić information content (AvgIpc) is 3.14. The van der Waals surface area contributed by atoms with Gasteiger partial charge in [0.05, 0.1) is 5.56 Å². The molecule has 2 unspecified atom stereocenters. The van der Waals surface area contributed by atoms with Crippen molar-refractivity contribution in [3.63, 3.8) is 0 Å². The summed E-state index contributed by atoms with van der Waals surface area (Å²) >= 11 is 0. The number of amides is 1. The molecule has 2 atom stereocenters. The highest BCUT2D eigenvalue weighted by atomic mass is 19.1. The molecule has 170 valence electrons. The second-order valence-corrected chi connectivity index (χ2v) is 7.73. The second kappa shape index (κ2) is 9.40. The lowest BCUT2D eigenvalue weighted by Gasteiger charge is -2.20. The van der Waals surface area contributed by atoms with Crippen LogP contribution in [0.5, 0.6) is 0 Å². The fourth-order valence-corrected chi connectivity index (χ4v) is 4.10. The summed E-state index contributed by atoms with van der Waals surface area (Å²) in [5, 5.41) is 31.8. The number of halogens is 1. The number of ether oxygens (including phenoxy) is 1. The van der Waals surface area contributed by atoms with Gasteiger partial charge in [-0.2, -0.15) is 0 Å². The van der Waals surface area contributed by atoms with Crippen LogP contribution in [0.1, 0.15) is 39.1 Å². The van der Waals surface area contributed by atoms with Gasteiger partial charge in [-0.15, -0.1) is 0 Å². The van der Waals surface area contributed by atoms with E-state index in [1.54, 1.807) is 0 Å². The van der Waals surface area contributed by atoms with Gasteiger partial charge < -0.3 is 25.4 Å². The van der Waals surface area contributed by atoms with E-state index in [1.165, 1.54) is 12.1 Å². The van der Waals surface area contributed by atoms with Crippen molar-refractivity contribution in [1.82, 2.24) is 5.32 Å². The summed E-state index contributed by atoms with van der Waals surface area (Å²) in [4.78, 5) is 23.3. The van der Waals surface area contributed by atoms with Crippen molar-refractivity contribution in [2.45, 2.75) is 18.1 Å². The number of hydrogen-bond acceptors (Lipinski definition) is 5. The van der Waals surface area contributed by atoms with E-state index in [0.29, 0.717) is 0 Å².